The highest BCUT2D eigenvalue weighted by molar-refractivity contribution is 5.93. The summed E-state index contributed by atoms with van der Waals surface area (Å²) in [5.41, 5.74) is 1.57. The molecule has 0 spiro atoms. The summed E-state index contributed by atoms with van der Waals surface area (Å²) in [4.78, 5) is 24.4. The fourth-order valence-electron chi connectivity index (χ4n) is 1.61. The van der Waals surface area contributed by atoms with Gasteiger partial charge in [0, 0.05) is 31.8 Å². The van der Waals surface area contributed by atoms with Gasteiger partial charge in [0.25, 0.3) is 0 Å². The van der Waals surface area contributed by atoms with Crippen molar-refractivity contribution in [2.45, 2.75) is 33.1 Å². The monoisotopic (exact) mass is 248 g/mol. The predicted molar refractivity (Wildman–Crippen MR) is 73.7 cm³/mol. The van der Waals surface area contributed by atoms with E-state index in [0.717, 1.165) is 24.2 Å². The molecule has 1 rings (SSSR count). The van der Waals surface area contributed by atoms with E-state index < -0.39 is 0 Å². The Hall–Kier alpha value is -1.84. The lowest BCUT2D eigenvalue weighted by atomic mass is 10.2. The van der Waals surface area contributed by atoms with Gasteiger partial charge < -0.3 is 10.2 Å². The Kier molecular flexibility index (Phi) is 5.36. The second-order valence-corrected chi connectivity index (χ2v) is 4.28. The van der Waals surface area contributed by atoms with E-state index in [1.807, 2.05) is 12.1 Å². The first kappa shape index (κ1) is 14.2. The van der Waals surface area contributed by atoms with Crippen molar-refractivity contribution in [1.82, 2.24) is 0 Å². The Labute approximate surface area is 108 Å². The van der Waals surface area contributed by atoms with Gasteiger partial charge in [-0.3, -0.25) is 9.59 Å². The lowest BCUT2D eigenvalue weighted by Crippen LogP contribution is -2.25. The van der Waals surface area contributed by atoms with Gasteiger partial charge in [-0.2, -0.15) is 0 Å². The summed E-state index contributed by atoms with van der Waals surface area (Å²) in [6, 6.07) is 7.24. The van der Waals surface area contributed by atoms with Crippen LogP contribution in [0.5, 0.6) is 0 Å². The zero-order valence-corrected chi connectivity index (χ0v) is 11.2. The molecule has 0 heterocycles. The maximum atomic E-state index is 11.8. The van der Waals surface area contributed by atoms with Gasteiger partial charge in [-0.1, -0.05) is 13.3 Å². The Balaban J connectivity index is 2.66. The molecule has 0 fully saturated rings. The summed E-state index contributed by atoms with van der Waals surface area (Å²) in [6.07, 6.45) is 2.49. The SMILES string of the molecule is CCCCC(=O)N(C)c1ccc(NC(C)=O)cc1. The maximum absolute atomic E-state index is 11.8. The molecule has 0 aliphatic carbocycles. The van der Waals surface area contributed by atoms with Crippen LogP contribution in [0.1, 0.15) is 33.1 Å². The van der Waals surface area contributed by atoms with Crippen molar-refractivity contribution in [3.8, 4) is 0 Å². The zero-order chi connectivity index (χ0) is 13.5. The fraction of sp³-hybridized carbons (Fsp3) is 0.429. The number of carbonyl (C=O) groups excluding carboxylic acids is 2. The summed E-state index contributed by atoms with van der Waals surface area (Å²) in [5, 5.41) is 2.69. The number of unbranched alkanes of at least 4 members (excludes halogenated alkanes) is 1. The predicted octanol–water partition coefficient (Wildman–Crippen LogP) is 2.80. The number of nitrogens with one attached hydrogen (secondary N) is 1. The molecular weight excluding hydrogens is 228 g/mol. The van der Waals surface area contributed by atoms with E-state index in [1.54, 1.807) is 24.1 Å². The number of benzene rings is 1. The first-order valence-electron chi connectivity index (χ1n) is 6.18. The average Bonchev–Trinajstić information content (AvgIpc) is 2.35. The van der Waals surface area contributed by atoms with E-state index in [9.17, 15) is 9.59 Å². The molecule has 1 aromatic carbocycles. The Bertz CT molecular complexity index is 412. The third-order valence-corrected chi connectivity index (χ3v) is 2.69. The zero-order valence-electron chi connectivity index (χ0n) is 11.2. The molecule has 0 aromatic heterocycles. The number of rotatable bonds is 5. The van der Waals surface area contributed by atoms with Gasteiger partial charge in [0.2, 0.25) is 11.8 Å². The molecule has 0 atom stereocenters. The summed E-state index contributed by atoms with van der Waals surface area (Å²) in [5.74, 6) is 0.0132. The van der Waals surface area contributed by atoms with Crippen LogP contribution in [0.3, 0.4) is 0 Å². The highest BCUT2D eigenvalue weighted by Crippen LogP contribution is 2.18. The van der Waals surface area contributed by atoms with Gasteiger partial charge in [0.1, 0.15) is 0 Å². The minimum atomic E-state index is -0.102. The normalized spacial score (nSPS) is 9.94. The molecule has 0 unspecified atom stereocenters. The molecule has 0 aliphatic heterocycles. The molecule has 0 saturated heterocycles. The molecule has 0 saturated carbocycles. The number of hydrogen-bond donors (Lipinski definition) is 1. The third-order valence-electron chi connectivity index (χ3n) is 2.69. The third kappa shape index (κ3) is 4.20. The Morgan fingerprint density at radius 1 is 1.22 bits per heavy atom. The van der Waals surface area contributed by atoms with Crippen molar-refractivity contribution < 1.29 is 9.59 Å². The van der Waals surface area contributed by atoms with Crippen LogP contribution in [0.25, 0.3) is 0 Å². The van der Waals surface area contributed by atoms with E-state index in [-0.39, 0.29) is 11.8 Å². The summed E-state index contributed by atoms with van der Waals surface area (Å²) >= 11 is 0. The Morgan fingerprint density at radius 2 is 1.83 bits per heavy atom. The number of amides is 2. The van der Waals surface area contributed by atoms with Gasteiger partial charge in [-0.05, 0) is 30.7 Å². The molecule has 18 heavy (non-hydrogen) atoms. The average molecular weight is 248 g/mol. The van der Waals surface area contributed by atoms with Gasteiger partial charge in [0.05, 0.1) is 0 Å². The number of carbonyl (C=O) groups is 2. The van der Waals surface area contributed by atoms with Crippen LogP contribution < -0.4 is 10.2 Å². The van der Waals surface area contributed by atoms with Crippen molar-refractivity contribution in [3.05, 3.63) is 24.3 Å². The fourth-order valence-corrected chi connectivity index (χ4v) is 1.61. The largest absolute Gasteiger partial charge is 0.326 e. The number of anilines is 2. The van der Waals surface area contributed by atoms with Crippen molar-refractivity contribution in [1.29, 1.82) is 0 Å². The topological polar surface area (TPSA) is 49.4 Å². The first-order chi connectivity index (χ1) is 8.54. The van der Waals surface area contributed by atoms with E-state index in [1.165, 1.54) is 6.92 Å². The number of hydrogen-bond acceptors (Lipinski definition) is 2. The molecular formula is C14H20N2O2. The van der Waals surface area contributed by atoms with Gasteiger partial charge in [-0.25, -0.2) is 0 Å². The molecule has 4 nitrogen and oxygen atoms in total. The van der Waals surface area contributed by atoms with E-state index in [4.69, 9.17) is 0 Å². The first-order valence-corrected chi connectivity index (χ1v) is 6.18. The standard InChI is InChI=1S/C14H20N2O2/c1-4-5-6-14(18)16(3)13-9-7-12(8-10-13)15-11(2)17/h7-10H,4-6H2,1-3H3,(H,15,17). The van der Waals surface area contributed by atoms with Crippen molar-refractivity contribution >= 4 is 23.2 Å². The number of nitrogens with zero attached hydrogens (tertiary/aromatic N) is 1. The highest BCUT2D eigenvalue weighted by atomic mass is 16.2. The van der Waals surface area contributed by atoms with Gasteiger partial charge in [0.15, 0.2) is 0 Å². The van der Waals surface area contributed by atoms with Crippen LogP contribution in [0.4, 0.5) is 11.4 Å². The van der Waals surface area contributed by atoms with E-state index in [2.05, 4.69) is 12.2 Å². The minimum Gasteiger partial charge on any atom is -0.326 e. The summed E-state index contributed by atoms with van der Waals surface area (Å²) in [7, 11) is 1.77. The van der Waals surface area contributed by atoms with Crippen molar-refractivity contribution in [3.63, 3.8) is 0 Å². The molecule has 0 bridgehead atoms. The summed E-state index contributed by atoms with van der Waals surface area (Å²) in [6.45, 7) is 3.53. The summed E-state index contributed by atoms with van der Waals surface area (Å²) < 4.78 is 0. The van der Waals surface area contributed by atoms with Crippen LogP contribution in [0, 0.1) is 0 Å². The smallest absolute Gasteiger partial charge is 0.226 e. The Morgan fingerprint density at radius 3 is 2.33 bits per heavy atom. The molecule has 98 valence electrons. The molecule has 2 amide bonds. The molecule has 1 N–H and O–H groups in total. The van der Waals surface area contributed by atoms with Crippen LogP contribution >= 0.6 is 0 Å². The van der Waals surface area contributed by atoms with Crippen LogP contribution in [0.15, 0.2) is 24.3 Å². The highest BCUT2D eigenvalue weighted by Gasteiger charge is 2.09. The lowest BCUT2D eigenvalue weighted by Gasteiger charge is -2.17. The minimum absolute atomic E-state index is 0.102. The molecule has 0 radical (unpaired) electrons. The van der Waals surface area contributed by atoms with Crippen LogP contribution in [-0.2, 0) is 9.59 Å². The van der Waals surface area contributed by atoms with Crippen molar-refractivity contribution in [2.75, 3.05) is 17.3 Å². The van der Waals surface area contributed by atoms with Gasteiger partial charge >= 0.3 is 0 Å². The van der Waals surface area contributed by atoms with Crippen LogP contribution in [-0.4, -0.2) is 18.9 Å². The molecule has 4 heteroatoms. The quantitative estimate of drug-likeness (QED) is 0.871. The van der Waals surface area contributed by atoms with E-state index >= 15 is 0 Å². The van der Waals surface area contributed by atoms with E-state index in [0.29, 0.717) is 6.42 Å². The van der Waals surface area contributed by atoms with Crippen molar-refractivity contribution in [2.24, 2.45) is 0 Å². The lowest BCUT2D eigenvalue weighted by molar-refractivity contribution is -0.118. The second kappa shape index (κ2) is 6.79. The maximum Gasteiger partial charge on any atom is 0.226 e. The molecule has 0 aliphatic rings. The molecule has 1 aromatic rings. The second-order valence-electron chi connectivity index (χ2n) is 4.28. The van der Waals surface area contributed by atoms with Gasteiger partial charge in [-0.15, -0.1) is 0 Å². The van der Waals surface area contributed by atoms with Crippen LogP contribution in [0.2, 0.25) is 0 Å².